The predicted molar refractivity (Wildman–Crippen MR) is 103 cm³/mol. The van der Waals surface area contributed by atoms with Crippen molar-refractivity contribution < 1.29 is 9.84 Å². The fraction of sp³-hybridized carbons (Fsp3) is 0.455. The minimum atomic E-state index is -0.840. The highest BCUT2D eigenvalue weighted by atomic mass is 16.6. The van der Waals surface area contributed by atoms with Crippen LogP contribution in [0.1, 0.15) is 58.9 Å². The highest BCUT2D eigenvalue weighted by molar-refractivity contribution is 5.13. The van der Waals surface area contributed by atoms with E-state index >= 15 is 0 Å². The number of benzene rings is 1. The fourth-order valence-electron chi connectivity index (χ4n) is 2.37. The highest BCUT2D eigenvalue weighted by Crippen LogP contribution is 2.12. The summed E-state index contributed by atoms with van der Waals surface area (Å²) in [5.74, 6) is 0. The lowest BCUT2D eigenvalue weighted by atomic mass is 10.1. The average molecular weight is 328 g/mol. The Morgan fingerprint density at radius 2 is 1.58 bits per heavy atom. The molecule has 2 nitrogen and oxygen atoms in total. The minimum Gasteiger partial charge on any atom is -0.365 e. The third-order valence-electron chi connectivity index (χ3n) is 3.81. The van der Waals surface area contributed by atoms with Crippen molar-refractivity contribution in [2.45, 2.75) is 66.3 Å². The fourth-order valence-corrected chi connectivity index (χ4v) is 2.37. The first-order valence-corrected chi connectivity index (χ1v) is 8.77. The second kappa shape index (κ2) is 11.8. The van der Waals surface area contributed by atoms with Crippen LogP contribution in [-0.4, -0.2) is 11.4 Å². The van der Waals surface area contributed by atoms with Crippen molar-refractivity contribution in [1.29, 1.82) is 0 Å². The van der Waals surface area contributed by atoms with Gasteiger partial charge in [-0.3, -0.25) is 0 Å². The average Bonchev–Trinajstić information content (AvgIpc) is 2.53. The van der Waals surface area contributed by atoms with Crippen LogP contribution in [0.15, 0.2) is 65.3 Å². The van der Waals surface area contributed by atoms with Gasteiger partial charge in [0.1, 0.15) is 0 Å². The van der Waals surface area contributed by atoms with Gasteiger partial charge in [0.25, 0.3) is 0 Å². The number of ether oxygens (including phenoxy) is 1. The third-order valence-corrected chi connectivity index (χ3v) is 3.81. The van der Waals surface area contributed by atoms with Crippen LogP contribution >= 0.6 is 0 Å². The third kappa shape index (κ3) is 10.2. The topological polar surface area (TPSA) is 29.5 Å². The molecule has 1 aromatic carbocycles. The molecule has 1 aromatic rings. The lowest BCUT2D eigenvalue weighted by Crippen LogP contribution is -2.09. The Bertz CT molecular complexity index is 549. The Balaban J connectivity index is 2.28. The van der Waals surface area contributed by atoms with E-state index in [9.17, 15) is 5.11 Å². The number of aliphatic hydroxyl groups excluding tert-OH is 1. The number of hydrogen-bond acceptors (Lipinski definition) is 2. The lowest BCUT2D eigenvalue weighted by molar-refractivity contribution is -0.0738. The van der Waals surface area contributed by atoms with Crippen molar-refractivity contribution in [2.75, 3.05) is 0 Å². The van der Waals surface area contributed by atoms with Gasteiger partial charge in [0.05, 0.1) is 6.61 Å². The molecular weight excluding hydrogens is 296 g/mol. The Labute approximate surface area is 147 Å². The summed E-state index contributed by atoms with van der Waals surface area (Å²) in [6.07, 6.45) is 9.74. The van der Waals surface area contributed by atoms with Crippen LogP contribution in [0.25, 0.3) is 0 Å². The quantitative estimate of drug-likeness (QED) is 0.425. The Morgan fingerprint density at radius 3 is 2.25 bits per heavy atom. The lowest BCUT2D eigenvalue weighted by Gasteiger charge is -2.09. The molecule has 0 saturated heterocycles. The van der Waals surface area contributed by atoms with Gasteiger partial charge in [-0.2, -0.15) is 0 Å². The van der Waals surface area contributed by atoms with Gasteiger partial charge >= 0.3 is 0 Å². The summed E-state index contributed by atoms with van der Waals surface area (Å²) in [6, 6.07) is 9.90. The maximum Gasteiger partial charge on any atom is 0.174 e. The zero-order valence-electron chi connectivity index (χ0n) is 15.6. The van der Waals surface area contributed by atoms with Crippen LogP contribution in [0.2, 0.25) is 0 Å². The van der Waals surface area contributed by atoms with Gasteiger partial charge in [0.15, 0.2) is 6.29 Å². The number of hydrogen-bond donors (Lipinski definition) is 1. The summed E-state index contributed by atoms with van der Waals surface area (Å²) in [4.78, 5) is 0. The van der Waals surface area contributed by atoms with Gasteiger partial charge < -0.3 is 9.84 Å². The molecule has 0 saturated carbocycles. The summed E-state index contributed by atoms with van der Waals surface area (Å²) < 4.78 is 5.46. The highest BCUT2D eigenvalue weighted by Gasteiger charge is 2.01. The molecule has 2 heteroatoms. The van der Waals surface area contributed by atoms with Crippen LogP contribution in [0, 0.1) is 0 Å². The molecule has 0 bridgehead atoms. The molecule has 0 aliphatic heterocycles. The molecule has 0 radical (unpaired) electrons. The van der Waals surface area contributed by atoms with Crippen LogP contribution in [0.4, 0.5) is 0 Å². The number of allylic oxidation sites excluding steroid dienone is 5. The molecule has 0 aliphatic rings. The van der Waals surface area contributed by atoms with E-state index in [2.05, 4.69) is 32.9 Å². The second-order valence-electron chi connectivity index (χ2n) is 6.61. The zero-order chi connectivity index (χ0) is 17.8. The molecule has 0 spiro atoms. The van der Waals surface area contributed by atoms with Crippen molar-refractivity contribution in [3.05, 3.63) is 70.8 Å². The smallest absolute Gasteiger partial charge is 0.174 e. The first-order valence-electron chi connectivity index (χ1n) is 8.77. The monoisotopic (exact) mass is 328 g/mol. The van der Waals surface area contributed by atoms with E-state index in [1.165, 1.54) is 11.1 Å². The van der Waals surface area contributed by atoms with Gasteiger partial charge in [-0.15, -0.1) is 0 Å². The maximum absolute atomic E-state index is 9.94. The van der Waals surface area contributed by atoms with E-state index in [0.29, 0.717) is 6.61 Å². The summed E-state index contributed by atoms with van der Waals surface area (Å²) in [5, 5.41) is 9.94. The van der Waals surface area contributed by atoms with Crippen molar-refractivity contribution in [1.82, 2.24) is 0 Å². The molecule has 0 heterocycles. The van der Waals surface area contributed by atoms with Gasteiger partial charge in [-0.05, 0) is 65.0 Å². The molecular formula is C22H32O2. The molecule has 24 heavy (non-hydrogen) atoms. The first kappa shape index (κ1) is 20.4. The van der Waals surface area contributed by atoms with Crippen molar-refractivity contribution in [3.63, 3.8) is 0 Å². The molecule has 1 atom stereocenters. The van der Waals surface area contributed by atoms with Crippen molar-refractivity contribution in [3.8, 4) is 0 Å². The molecule has 0 aliphatic carbocycles. The summed E-state index contributed by atoms with van der Waals surface area (Å²) in [7, 11) is 0. The van der Waals surface area contributed by atoms with E-state index in [1.54, 1.807) is 6.08 Å². The molecule has 0 fully saturated rings. The Kier molecular flexibility index (Phi) is 10.1. The summed E-state index contributed by atoms with van der Waals surface area (Å²) in [5.41, 5.74) is 5.04. The summed E-state index contributed by atoms with van der Waals surface area (Å²) in [6.45, 7) is 8.93. The minimum absolute atomic E-state index is 0.426. The van der Waals surface area contributed by atoms with E-state index in [4.69, 9.17) is 4.74 Å². The van der Waals surface area contributed by atoms with E-state index in [0.717, 1.165) is 36.8 Å². The zero-order valence-corrected chi connectivity index (χ0v) is 15.6. The Hall–Kier alpha value is -1.64. The largest absolute Gasteiger partial charge is 0.365 e. The number of rotatable bonds is 10. The van der Waals surface area contributed by atoms with E-state index in [1.807, 2.05) is 37.3 Å². The molecule has 1 rings (SSSR count). The molecule has 1 unspecified atom stereocenters. The maximum atomic E-state index is 9.94. The van der Waals surface area contributed by atoms with Gasteiger partial charge in [0.2, 0.25) is 0 Å². The predicted octanol–water partition coefficient (Wildman–Crippen LogP) is 5.94. The second-order valence-corrected chi connectivity index (χ2v) is 6.61. The molecule has 132 valence electrons. The van der Waals surface area contributed by atoms with Gasteiger partial charge in [-0.1, -0.05) is 59.2 Å². The SMILES string of the molecule is CC(C)=CCCC(C)=CCCC(C)=CC(O)OCc1ccccc1. The van der Waals surface area contributed by atoms with Crippen molar-refractivity contribution in [2.24, 2.45) is 0 Å². The van der Waals surface area contributed by atoms with Crippen LogP contribution < -0.4 is 0 Å². The van der Waals surface area contributed by atoms with E-state index < -0.39 is 6.29 Å². The van der Waals surface area contributed by atoms with Gasteiger partial charge in [0, 0.05) is 0 Å². The first-order chi connectivity index (χ1) is 11.5. The molecule has 1 N–H and O–H groups in total. The molecule has 0 amide bonds. The van der Waals surface area contributed by atoms with Crippen LogP contribution in [0.3, 0.4) is 0 Å². The van der Waals surface area contributed by atoms with Crippen molar-refractivity contribution >= 4 is 0 Å². The normalized spacial score (nSPS) is 13.7. The van der Waals surface area contributed by atoms with Gasteiger partial charge in [-0.25, -0.2) is 0 Å². The molecule has 0 aromatic heterocycles. The van der Waals surface area contributed by atoms with Crippen LogP contribution in [-0.2, 0) is 11.3 Å². The standard InChI is InChI=1S/C22H32O2/c1-18(2)10-8-11-19(3)12-9-13-20(4)16-22(23)24-17-21-14-6-5-7-15-21/h5-7,10,12,14-16,22-23H,8-9,11,13,17H2,1-4H3. The van der Waals surface area contributed by atoms with Crippen LogP contribution in [0.5, 0.6) is 0 Å². The van der Waals surface area contributed by atoms with E-state index in [-0.39, 0.29) is 0 Å². The Morgan fingerprint density at radius 1 is 0.958 bits per heavy atom. The number of aliphatic hydroxyl groups is 1. The summed E-state index contributed by atoms with van der Waals surface area (Å²) >= 11 is 0.